The summed E-state index contributed by atoms with van der Waals surface area (Å²) in [5.74, 6) is 0.920. The molecule has 3 aromatic rings. The molecule has 2 heterocycles. The first-order chi connectivity index (χ1) is 13.5. The molecule has 1 amide bonds. The van der Waals surface area contributed by atoms with Crippen LogP contribution in [0.4, 0.5) is 11.6 Å². The van der Waals surface area contributed by atoms with Crippen molar-refractivity contribution in [3.63, 3.8) is 0 Å². The summed E-state index contributed by atoms with van der Waals surface area (Å²) in [7, 11) is 0. The van der Waals surface area contributed by atoms with Crippen molar-refractivity contribution in [1.29, 1.82) is 0 Å². The number of carbonyl (C=O) groups excluding carboxylic acids is 1. The van der Waals surface area contributed by atoms with Crippen molar-refractivity contribution < 1.29 is 4.79 Å². The van der Waals surface area contributed by atoms with Gasteiger partial charge in [-0.15, -0.1) is 0 Å². The van der Waals surface area contributed by atoms with Crippen LogP contribution in [0.5, 0.6) is 0 Å². The van der Waals surface area contributed by atoms with Crippen LogP contribution in [0.3, 0.4) is 0 Å². The van der Waals surface area contributed by atoms with Gasteiger partial charge in [0.2, 0.25) is 5.95 Å². The van der Waals surface area contributed by atoms with E-state index >= 15 is 0 Å². The third-order valence-electron chi connectivity index (χ3n) is 4.99. The van der Waals surface area contributed by atoms with E-state index in [1.54, 1.807) is 4.68 Å². The molecule has 6 heteroatoms. The highest BCUT2D eigenvalue weighted by Crippen LogP contribution is 2.35. The zero-order chi connectivity index (χ0) is 19.7. The Morgan fingerprint density at radius 1 is 1.11 bits per heavy atom. The highest BCUT2D eigenvalue weighted by atomic mass is 16.1. The third kappa shape index (κ3) is 3.29. The molecule has 2 aromatic carbocycles. The quantitative estimate of drug-likeness (QED) is 0.714. The molecular weight excluding hydrogens is 350 g/mol. The van der Waals surface area contributed by atoms with Gasteiger partial charge in [-0.2, -0.15) is 10.1 Å². The molecule has 4 rings (SSSR count). The van der Waals surface area contributed by atoms with Gasteiger partial charge in [0.15, 0.2) is 0 Å². The zero-order valence-electron chi connectivity index (χ0n) is 16.2. The second-order valence-electron chi connectivity index (χ2n) is 7.24. The van der Waals surface area contributed by atoms with Gasteiger partial charge in [-0.05, 0) is 36.1 Å². The minimum absolute atomic E-state index is 0.157. The Hall–Kier alpha value is -3.41. The molecule has 0 radical (unpaired) electrons. The Morgan fingerprint density at radius 2 is 1.82 bits per heavy atom. The molecule has 0 bridgehead atoms. The van der Waals surface area contributed by atoms with E-state index < -0.39 is 0 Å². The van der Waals surface area contributed by atoms with E-state index in [9.17, 15) is 4.79 Å². The number of aromatic nitrogens is 3. The number of hydrogen-bond acceptors (Lipinski definition) is 4. The number of carbonyl (C=O) groups is 1. The summed E-state index contributed by atoms with van der Waals surface area (Å²) >= 11 is 0. The van der Waals surface area contributed by atoms with Crippen molar-refractivity contribution >= 4 is 17.5 Å². The van der Waals surface area contributed by atoms with Gasteiger partial charge in [-0.3, -0.25) is 4.79 Å². The van der Waals surface area contributed by atoms with Crippen LogP contribution in [0.2, 0.25) is 0 Å². The van der Waals surface area contributed by atoms with Crippen LogP contribution >= 0.6 is 0 Å². The van der Waals surface area contributed by atoms with Gasteiger partial charge in [0.25, 0.3) is 5.91 Å². The molecule has 1 aromatic heterocycles. The standard InChI is InChI=1S/C22H23N5O/c1-14(2)16-9-11-17(12-10-16)20-19(15(3)25-22-23-13-24-27(20)22)21(28)26-18-7-5-4-6-8-18/h4-14,20H,1-3H3,(H,26,28)(H,23,24,25)/t20-/m0/s1. The number of benzene rings is 2. The zero-order valence-corrected chi connectivity index (χ0v) is 16.2. The summed E-state index contributed by atoms with van der Waals surface area (Å²) in [4.78, 5) is 17.5. The van der Waals surface area contributed by atoms with Crippen molar-refractivity contribution in [2.24, 2.45) is 0 Å². The topological polar surface area (TPSA) is 71.8 Å². The number of rotatable bonds is 4. The first-order valence-electron chi connectivity index (χ1n) is 9.38. The summed E-state index contributed by atoms with van der Waals surface area (Å²) < 4.78 is 1.76. The van der Waals surface area contributed by atoms with Crippen LogP contribution in [0.15, 0.2) is 72.2 Å². The first kappa shape index (κ1) is 18.0. The van der Waals surface area contributed by atoms with E-state index in [2.05, 4.69) is 58.8 Å². The largest absolute Gasteiger partial charge is 0.328 e. The summed E-state index contributed by atoms with van der Waals surface area (Å²) in [5.41, 5.74) is 4.40. The Labute approximate surface area is 164 Å². The summed E-state index contributed by atoms with van der Waals surface area (Å²) in [6.45, 7) is 6.23. The van der Waals surface area contributed by atoms with E-state index in [1.165, 1.54) is 11.9 Å². The Kier molecular flexibility index (Phi) is 4.69. The number of nitrogens with one attached hydrogen (secondary N) is 2. The molecule has 142 valence electrons. The average Bonchev–Trinajstić information content (AvgIpc) is 3.15. The molecule has 0 saturated heterocycles. The summed E-state index contributed by atoms with van der Waals surface area (Å²) in [6, 6.07) is 17.5. The first-order valence-corrected chi connectivity index (χ1v) is 9.38. The minimum Gasteiger partial charge on any atom is -0.328 e. The second-order valence-corrected chi connectivity index (χ2v) is 7.24. The molecule has 0 fully saturated rings. The van der Waals surface area contributed by atoms with E-state index in [-0.39, 0.29) is 11.9 Å². The minimum atomic E-state index is -0.344. The lowest BCUT2D eigenvalue weighted by Crippen LogP contribution is -2.31. The molecule has 28 heavy (non-hydrogen) atoms. The third-order valence-corrected chi connectivity index (χ3v) is 4.99. The highest BCUT2D eigenvalue weighted by molar-refractivity contribution is 6.06. The van der Waals surface area contributed by atoms with Gasteiger partial charge < -0.3 is 10.6 Å². The molecule has 0 spiro atoms. The molecule has 2 N–H and O–H groups in total. The van der Waals surface area contributed by atoms with Crippen LogP contribution in [-0.2, 0) is 4.79 Å². The fraction of sp³-hybridized carbons (Fsp3) is 0.227. The Balaban J connectivity index is 1.75. The fourth-order valence-electron chi connectivity index (χ4n) is 3.48. The van der Waals surface area contributed by atoms with Gasteiger partial charge in [0, 0.05) is 11.4 Å². The van der Waals surface area contributed by atoms with Crippen LogP contribution in [0.1, 0.15) is 43.9 Å². The van der Waals surface area contributed by atoms with E-state index in [1.807, 2.05) is 37.3 Å². The lowest BCUT2D eigenvalue weighted by molar-refractivity contribution is -0.113. The second kappa shape index (κ2) is 7.31. The monoisotopic (exact) mass is 373 g/mol. The predicted octanol–water partition coefficient (Wildman–Crippen LogP) is 4.33. The molecule has 0 saturated carbocycles. The van der Waals surface area contributed by atoms with Crippen molar-refractivity contribution in [2.75, 3.05) is 10.6 Å². The van der Waals surface area contributed by atoms with Crippen molar-refractivity contribution in [3.05, 3.63) is 83.3 Å². The summed E-state index contributed by atoms with van der Waals surface area (Å²) in [5, 5.41) is 10.6. The number of fused-ring (bicyclic) bond motifs is 1. The number of para-hydroxylation sites is 1. The molecule has 1 aliphatic rings. The van der Waals surface area contributed by atoms with Crippen LogP contribution in [0.25, 0.3) is 0 Å². The van der Waals surface area contributed by atoms with E-state index in [4.69, 9.17) is 0 Å². The molecule has 0 aliphatic carbocycles. The SMILES string of the molecule is CC1=C(C(=O)Nc2ccccc2)[C@H](c2ccc(C(C)C)cc2)n2ncnc2N1. The van der Waals surface area contributed by atoms with E-state index in [0.29, 0.717) is 17.4 Å². The predicted molar refractivity (Wildman–Crippen MR) is 110 cm³/mol. The average molecular weight is 373 g/mol. The van der Waals surface area contributed by atoms with Crippen LogP contribution in [0, 0.1) is 0 Å². The maximum Gasteiger partial charge on any atom is 0.255 e. The van der Waals surface area contributed by atoms with E-state index in [0.717, 1.165) is 16.9 Å². The highest BCUT2D eigenvalue weighted by Gasteiger charge is 2.33. The maximum atomic E-state index is 13.2. The lowest BCUT2D eigenvalue weighted by atomic mass is 9.93. The molecular formula is C22H23N5O. The van der Waals surface area contributed by atoms with Crippen molar-refractivity contribution in [1.82, 2.24) is 14.8 Å². The van der Waals surface area contributed by atoms with Gasteiger partial charge >= 0.3 is 0 Å². The number of anilines is 2. The number of allylic oxidation sites excluding steroid dienone is 1. The normalized spacial score (nSPS) is 15.9. The Bertz CT molecular complexity index is 1020. The van der Waals surface area contributed by atoms with Gasteiger partial charge in [0.05, 0.1) is 5.57 Å². The smallest absolute Gasteiger partial charge is 0.255 e. The number of hydrogen-bond donors (Lipinski definition) is 2. The van der Waals surface area contributed by atoms with Gasteiger partial charge in [-0.25, -0.2) is 4.68 Å². The van der Waals surface area contributed by atoms with Crippen molar-refractivity contribution in [3.8, 4) is 0 Å². The van der Waals surface area contributed by atoms with Gasteiger partial charge in [-0.1, -0.05) is 56.3 Å². The molecule has 1 aliphatic heterocycles. The molecule has 0 unspecified atom stereocenters. The van der Waals surface area contributed by atoms with Crippen LogP contribution in [-0.4, -0.2) is 20.7 Å². The summed E-state index contributed by atoms with van der Waals surface area (Å²) in [6.07, 6.45) is 1.50. The van der Waals surface area contributed by atoms with Gasteiger partial charge in [0.1, 0.15) is 12.4 Å². The number of nitrogens with zero attached hydrogens (tertiary/aromatic N) is 3. The van der Waals surface area contributed by atoms with Crippen LogP contribution < -0.4 is 10.6 Å². The molecule has 6 nitrogen and oxygen atoms in total. The number of amides is 1. The maximum absolute atomic E-state index is 13.2. The Morgan fingerprint density at radius 3 is 2.50 bits per heavy atom. The lowest BCUT2D eigenvalue weighted by Gasteiger charge is -2.29. The molecule has 1 atom stereocenters. The van der Waals surface area contributed by atoms with Crippen molar-refractivity contribution in [2.45, 2.75) is 32.7 Å². The fourth-order valence-corrected chi connectivity index (χ4v) is 3.48.